The molecule has 1 heterocycles. The van der Waals surface area contributed by atoms with Crippen molar-refractivity contribution in [2.24, 2.45) is 5.92 Å². The van der Waals surface area contributed by atoms with E-state index in [2.05, 4.69) is 6.08 Å². The van der Waals surface area contributed by atoms with Crippen LogP contribution in [0, 0.1) is 5.92 Å². The molecule has 114 valence electrons. The van der Waals surface area contributed by atoms with Crippen molar-refractivity contribution in [2.45, 2.75) is 51.4 Å². The quantitative estimate of drug-likeness (QED) is 0.801. The number of Topliss-reactive ketones (excluding diaryl/α,β-unsaturated/α-hetero) is 1. The van der Waals surface area contributed by atoms with Gasteiger partial charge in [-0.15, -0.1) is 0 Å². The van der Waals surface area contributed by atoms with E-state index < -0.39 is 10.0 Å². The molecule has 0 aromatic rings. The molecule has 0 spiro atoms. The summed E-state index contributed by atoms with van der Waals surface area (Å²) in [6.45, 7) is 1.12. The second kappa shape index (κ2) is 6.85. The van der Waals surface area contributed by atoms with E-state index >= 15 is 0 Å². The lowest BCUT2D eigenvalue weighted by atomic mass is 9.90. The molecule has 1 aliphatic heterocycles. The van der Waals surface area contributed by atoms with Crippen LogP contribution in [0.4, 0.5) is 0 Å². The van der Waals surface area contributed by atoms with Crippen LogP contribution in [0.25, 0.3) is 0 Å². The number of sulfonamides is 1. The third kappa shape index (κ3) is 4.42. The molecule has 0 amide bonds. The Labute approximate surface area is 122 Å². The van der Waals surface area contributed by atoms with E-state index in [-0.39, 0.29) is 11.7 Å². The van der Waals surface area contributed by atoms with Crippen LogP contribution in [-0.2, 0) is 14.8 Å². The standard InChI is InChI=1S/C15H25NO3S/c1-20(18,19)16-10-6-7-13(12-16)11-15(17)14-8-4-2-3-5-9-14/h8,13H,2-7,9-12H2,1H3. The van der Waals surface area contributed by atoms with Gasteiger partial charge in [0.15, 0.2) is 5.78 Å². The van der Waals surface area contributed by atoms with Crippen LogP contribution in [0.15, 0.2) is 11.6 Å². The van der Waals surface area contributed by atoms with Gasteiger partial charge in [0.1, 0.15) is 0 Å². The Hall–Kier alpha value is -0.680. The molecule has 0 saturated carbocycles. The Morgan fingerprint density at radius 1 is 1.30 bits per heavy atom. The largest absolute Gasteiger partial charge is 0.295 e. The summed E-state index contributed by atoms with van der Waals surface area (Å²) in [5.41, 5.74) is 0.985. The fraction of sp³-hybridized carbons (Fsp3) is 0.800. The molecule has 2 aliphatic rings. The predicted octanol–water partition coefficient (Wildman–Crippen LogP) is 2.51. The topological polar surface area (TPSA) is 54.5 Å². The smallest absolute Gasteiger partial charge is 0.211 e. The zero-order valence-electron chi connectivity index (χ0n) is 12.3. The Morgan fingerprint density at radius 3 is 2.85 bits per heavy atom. The fourth-order valence-electron chi connectivity index (χ4n) is 3.16. The molecular weight excluding hydrogens is 274 g/mol. The van der Waals surface area contributed by atoms with E-state index in [9.17, 15) is 13.2 Å². The summed E-state index contributed by atoms with van der Waals surface area (Å²) in [7, 11) is -3.12. The number of hydrogen-bond donors (Lipinski definition) is 0. The summed E-state index contributed by atoms with van der Waals surface area (Å²) in [6, 6.07) is 0. The lowest BCUT2D eigenvalue weighted by Crippen LogP contribution is -2.39. The van der Waals surface area contributed by atoms with Crippen molar-refractivity contribution in [1.82, 2.24) is 4.31 Å². The molecule has 0 N–H and O–H groups in total. The molecule has 20 heavy (non-hydrogen) atoms. The van der Waals surface area contributed by atoms with Gasteiger partial charge in [0.2, 0.25) is 10.0 Å². The summed E-state index contributed by atoms with van der Waals surface area (Å²) in [5, 5.41) is 0. The number of carbonyl (C=O) groups excluding carboxylic acids is 1. The van der Waals surface area contributed by atoms with Gasteiger partial charge >= 0.3 is 0 Å². The molecule has 0 bridgehead atoms. The average molecular weight is 299 g/mol. The van der Waals surface area contributed by atoms with Crippen molar-refractivity contribution in [3.8, 4) is 0 Å². The van der Waals surface area contributed by atoms with Crippen LogP contribution in [0.2, 0.25) is 0 Å². The first-order valence-electron chi connectivity index (χ1n) is 7.64. The van der Waals surface area contributed by atoms with E-state index in [1.54, 1.807) is 0 Å². The van der Waals surface area contributed by atoms with Gasteiger partial charge in [0.05, 0.1) is 6.26 Å². The molecule has 0 radical (unpaired) electrons. The summed E-state index contributed by atoms with van der Waals surface area (Å²) < 4.78 is 24.7. The maximum absolute atomic E-state index is 12.3. The van der Waals surface area contributed by atoms with Crippen LogP contribution >= 0.6 is 0 Å². The van der Waals surface area contributed by atoms with Gasteiger partial charge < -0.3 is 0 Å². The number of carbonyl (C=O) groups is 1. The summed E-state index contributed by atoms with van der Waals surface area (Å²) in [5.74, 6) is 0.433. The molecule has 1 saturated heterocycles. The zero-order valence-corrected chi connectivity index (χ0v) is 13.1. The lowest BCUT2D eigenvalue weighted by molar-refractivity contribution is -0.116. The fourth-order valence-corrected chi connectivity index (χ4v) is 4.10. The van der Waals surface area contributed by atoms with E-state index in [4.69, 9.17) is 0 Å². The third-order valence-corrected chi connectivity index (χ3v) is 5.59. The summed E-state index contributed by atoms with van der Waals surface area (Å²) in [4.78, 5) is 12.3. The summed E-state index contributed by atoms with van der Waals surface area (Å²) in [6.07, 6.45) is 11.1. The molecule has 2 rings (SSSR count). The molecule has 1 fully saturated rings. The Balaban J connectivity index is 1.92. The minimum Gasteiger partial charge on any atom is -0.295 e. The van der Waals surface area contributed by atoms with Crippen LogP contribution in [0.5, 0.6) is 0 Å². The number of hydrogen-bond acceptors (Lipinski definition) is 3. The maximum atomic E-state index is 12.3. The van der Waals surface area contributed by atoms with Crippen molar-refractivity contribution in [3.63, 3.8) is 0 Å². The second-order valence-electron chi connectivity index (χ2n) is 6.09. The third-order valence-electron chi connectivity index (χ3n) is 4.32. The number of allylic oxidation sites excluding steroid dienone is 2. The van der Waals surface area contributed by atoms with E-state index in [0.717, 1.165) is 37.7 Å². The molecular formula is C15H25NO3S. The van der Waals surface area contributed by atoms with Crippen molar-refractivity contribution in [2.75, 3.05) is 19.3 Å². The average Bonchev–Trinajstić information content (AvgIpc) is 2.67. The van der Waals surface area contributed by atoms with E-state index in [1.807, 2.05) is 0 Å². The Bertz CT molecular complexity index is 481. The molecule has 0 aromatic carbocycles. The van der Waals surface area contributed by atoms with Gasteiger partial charge in [-0.1, -0.05) is 12.5 Å². The zero-order chi connectivity index (χ0) is 14.6. The molecule has 5 heteroatoms. The highest BCUT2D eigenvalue weighted by molar-refractivity contribution is 7.88. The first kappa shape index (κ1) is 15.7. The van der Waals surface area contributed by atoms with Crippen LogP contribution in [0.1, 0.15) is 51.4 Å². The van der Waals surface area contributed by atoms with Gasteiger partial charge in [0, 0.05) is 19.5 Å². The Morgan fingerprint density at radius 2 is 2.10 bits per heavy atom. The predicted molar refractivity (Wildman–Crippen MR) is 79.9 cm³/mol. The number of rotatable bonds is 4. The lowest BCUT2D eigenvalue weighted by Gasteiger charge is -2.30. The highest BCUT2D eigenvalue weighted by Gasteiger charge is 2.27. The normalized spacial score (nSPS) is 25.9. The maximum Gasteiger partial charge on any atom is 0.211 e. The van der Waals surface area contributed by atoms with Crippen LogP contribution in [-0.4, -0.2) is 37.9 Å². The molecule has 1 aliphatic carbocycles. The van der Waals surface area contributed by atoms with Gasteiger partial charge in [-0.3, -0.25) is 4.79 Å². The number of nitrogens with zero attached hydrogens (tertiary/aromatic N) is 1. The Kier molecular flexibility index (Phi) is 5.38. The van der Waals surface area contributed by atoms with E-state index in [1.165, 1.54) is 23.4 Å². The minimum atomic E-state index is -3.12. The van der Waals surface area contributed by atoms with Crippen molar-refractivity contribution in [1.29, 1.82) is 0 Å². The minimum absolute atomic E-state index is 0.190. The highest BCUT2D eigenvalue weighted by Crippen LogP contribution is 2.25. The van der Waals surface area contributed by atoms with Crippen LogP contribution in [0.3, 0.4) is 0 Å². The molecule has 1 unspecified atom stereocenters. The molecule has 1 atom stereocenters. The van der Waals surface area contributed by atoms with Crippen LogP contribution < -0.4 is 0 Å². The number of ketones is 1. The van der Waals surface area contributed by atoms with Gasteiger partial charge in [-0.2, -0.15) is 0 Å². The van der Waals surface area contributed by atoms with Crippen molar-refractivity contribution >= 4 is 15.8 Å². The monoisotopic (exact) mass is 299 g/mol. The van der Waals surface area contributed by atoms with Gasteiger partial charge in [0.25, 0.3) is 0 Å². The first-order valence-corrected chi connectivity index (χ1v) is 9.49. The van der Waals surface area contributed by atoms with Gasteiger partial charge in [-0.05, 0) is 50.0 Å². The molecule has 4 nitrogen and oxygen atoms in total. The molecule has 0 aromatic heterocycles. The second-order valence-corrected chi connectivity index (χ2v) is 8.07. The SMILES string of the molecule is CS(=O)(=O)N1CCCC(CC(=O)C2=CCCCCC2)C1. The highest BCUT2D eigenvalue weighted by atomic mass is 32.2. The van der Waals surface area contributed by atoms with Crippen molar-refractivity contribution in [3.05, 3.63) is 11.6 Å². The number of piperidine rings is 1. The first-order chi connectivity index (χ1) is 9.47. The van der Waals surface area contributed by atoms with Crippen molar-refractivity contribution < 1.29 is 13.2 Å². The van der Waals surface area contributed by atoms with E-state index in [0.29, 0.717) is 19.5 Å². The summed E-state index contributed by atoms with van der Waals surface area (Å²) >= 11 is 0. The van der Waals surface area contributed by atoms with Gasteiger partial charge in [-0.25, -0.2) is 12.7 Å².